The van der Waals surface area contributed by atoms with E-state index in [1.54, 1.807) is 0 Å². The lowest BCUT2D eigenvalue weighted by Gasteiger charge is -2.22. The van der Waals surface area contributed by atoms with E-state index in [1.165, 1.54) is 13.0 Å². The van der Waals surface area contributed by atoms with Crippen LogP contribution in [0.25, 0.3) is 0 Å². The van der Waals surface area contributed by atoms with E-state index in [9.17, 15) is 18.9 Å². The van der Waals surface area contributed by atoms with Crippen LogP contribution < -0.4 is 0 Å². The second-order valence-corrected chi connectivity index (χ2v) is 5.93. The Labute approximate surface area is 130 Å². The summed E-state index contributed by atoms with van der Waals surface area (Å²) < 4.78 is 15.8. The molecule has 0 bridgehead atoms. The number of carbonyl (C=O) groups excluding carboxylic acids is 2. The van der Waals surface area contributed by atoms with Crippen LogP contribution in [0.2, 0.25) is 0 Å². The number of carbonyl (C=O) groups is 3. The van der Waals surface area contributed by atoms with E-state index in [0.717, 1.165) is 12.3 Å². The number of pyridine rings is 1. The SMILES string of the molecule is CCOC(=O)CN(CP(=O)(O)O)C(=O)c1cccnc1C(=O)O. The fourth-order valence-corrected chi connectivity index (χ4v) is 2.36. The number of carboxylic acids is 1. The summed E-state index contributed by atoms with van der Waals surface area (Å²) in [5, 5.41) is 9.02. The van der Waals surface area contributed by atoms with Crippen LogP contribution in [-0.2, 0) is 14.1 Å². The molecule has 0 fully saturated rings. The first-order valence-corrected chi connectivity index (χ1v) is 8.13. The van der Waals surface area contributed by atoms with Gasteiger partial charge >= 0.3 is 19.5 Å². The molecule has 1 heterocycles. The van der Waals surface area contributed by atoms with Gasteiger partial charge in [-0.05, 0) is 19.1 Å². The molecule has 23 heavy (non-hydrogen) atoms. The van der Waals surface area contributed by atoms with E-state index in [2.05, 4.69) is 9.72 Å². The summed E-state index contributed by atoms with van der Waals surface area (Å²) in [6.07, 6.45) is 0.0947. The number of rotatable bonds is 7. The molecule has 0 unspecified atom stereocenters. The summed E-state index contributed by atoms with van der Waals surface area (Å²) in [6, 6.07) is 2.43. The second kappa shape index (κ2) is 7.82. The maximum absolute atomic E-state index is 12.4. The molecule has 0 aliphatic rings. The van der Waals surface area contributed by atoms with Gasteiger partial charge in [0, 0.05) is 6.20 Å². The van der Waals surface area contributed by atoms with Crippen LogP contribution in [0.15, 0.2) is 18.3 Å². The Hall–Kier alpha value is -2.29. The Morgan fingerprint density at radius 1 is 1.35 bits per heavy atom. The first-order chi connectivity index (χ1) is 10.7. The maximum atomic E-state index is 12.4. The van der Waals surface area contributed by atoms with Crippen LogP contribution in [-0.4, -0.2) is 62.1 Å². The van der Waals surface area contributed by atoms with Crippen molar-refractivity contribution in [3.05, 3.63) is 29.6 Å². The first kappa shape index (κ1) is 18.8. The lowest BCUT2D eigenvalue weighted by Crippen LogP contribution is -2.38. The molecule has 0 radical (unpaired) electrons. The van der Waals surface area contributed by atoms with Crippen LogP contribution in [0.3, 0.4) is 0 Å². The summed E-state index contributed by atoms with van der Waals surface area (Å²) in [7, 11) is -4.68. The van der Waals surface area contributed by atoms with Gasteiger partial charge in [-0.3, -0.25) is 14.2 Å². The molecule has 0 saturated carbocycles. The quantitative estimate of drug-likeness (QED) is 0.454. The number of amides is 1. The van der Waals surface area contributed by atoms with Crippen LogP contribution in [0.5, 0.6) is 0 Å². The standard InChI is InChI=1S/C12H15N2O8P/c1-2-22-9(15)6-14(7-23(19,20)21)11(16)8-4-3-5-13-10(8)12(17)18/h3-5H,2,6-7H2,1H3,(H,17,18)(H2,19,20,21). The van der Waals surface area contributed by atoms with Crippen molar-refractivity contribution in [2.75, 3.05) is 19.4 Å². The summed E-state index contributed by atoms with van der Waals surface area (Å²) in [6.45, 7) is 0.812. The van der Waals surface area contributed by atoms with Gasteiger partial charge in [0.05, 0.1) is 12.2 Å². The molecule has 1 aromatic rings. The molecule has 1 rings (SSSR count). The fraction of sp³-hybridized carbons (Fsp3) is 0.333. The third-order valence-electron chi connectivity index (χ3n) is 2.51. The number of ether oxygens (including phenoxy) is 1. The molecule has 11 heteroatoms. The van der Waals surface area contributed by atoms with Crippen molar-refractivity contribution in [3.8, 4) is 0 Å². The molecule has 0 aliphatic carbocycles. The van der Waals surface area contributed by atoms with Crippen molar-refractivity contribution in [1.29, 1.82) is 0 Å². The molecule has 0 aliphatic heterocycles. The number of esters is 1. The number of aromatic carboxylic acids is 1. The zero-order chi connectivity index (χ0) is 17.6. The minimum absolute atomic E-state index is 0.0179. The molecule has 0 atom stereocenters. The Morgan fingerprint density at radius 2 is 2.00 bits per heavy atom. The Morgan fingerprint density at radius 3 is 2.52 bits per heavy atom. The average molecular weight is 346 g/mol. The number of hydrogen-bond acceptors (Lipinski definition) is 6. The predicted octanol–water partition coefficient (Wildman–Crippen LogP) is -0.0797. The summed E-state index contributed by atoms with van der Waals surface area (Å²) >= 11 is 0. The van der Waals surface area contributed by atoms with Crippen LogP contribution >= 0.6 is 7.60 Å². The zero-order valence-electron chi connectivity index (χ0n) is 12.1. The van der Waals surface area contributed by atoms with Gasteiger partial charge in [0.15, 0.2) is 5.69 Å². The fourth-order valence-electron chi connectivity index (χ4n) is 1.69. The van der Waals surface area contributed by atoms with E-state index >= 15 is 0 Å². The molecule has 10 nitrogen and oxygen atoms in total. The molecule has 1 aromatic heterocycles. The van der Waals surface area contributed by atoms with Gasteiger partial charge in [-0.15, -0.1) is 0 Å². The summed E-state index contributed by atoms with van der Waals surface area (Å²) in [4.78, 5) is 57.1. The van der Waals surface area contributed by atoms with E-state index < -0.39 is 49.5 Å². The highest BCUT2D eigenvalue weighted by molar-refractivity contribution is 7.51. The Kier molecular flexibility index (Phi) is 6.38. The highest BCUT2D eigenvalue weighted by Gasteiger charge is 2.29. The van der Waals surface area contributed by atoms with Gasteiger partial charge in [0.2, 0.25) is 0 Å². The molecule has 1 amide bonds. The molecule has 0 aromatic carbocycles. The minimum atomic E-state index is -4.68. The molecular weight excluding hydrogens is 331 g/mol. The van der Waals surface area contributed by atoms with Gasteiger partial charge in [-0.1, -0.05) is 0 Å². The minimum Gasteiger partial charge on any atom is -0.476 e. The molecule has 3 N–H and O–H groups in total. The average Bonchev–Trinajstić information content (AvgIpc) is 2.44. The number of hydrogen-bond donors (Lipinski definition) is 3. The maximum Gasteiger partial charge on any atom is 0.355 e. The van der Waals surface area contributed by atoms with E-state index in [1.807, 2.05) is 0 Å². The third-order valence-corrected chi connectivity index (χ3v) is 3.22. The molecule has 126 valence electrons. The van der Waals surface area contributed by atoms with Gasteiger partial charge in [-0.25, -0.2) is 9.78 Å². The first-order valence-electron chi connectivity index (χ1n) is 6.33. The third kappa shape index (κ3) is 5.78. The lowest BCUT2D eigenvalue weighted by atomic mass is 10.1. The smallest absolute Gasteiger partial charge is 0.355 e. The van der Waals surface area contributed by atoms with Crippen molar-refractivity contribution in [2.45, 2.75) is 6.92 Å². The van der Waals surface area contributed by atoms with Crippen LogP contribution in [0, 0.1) is 0 Å². The van der Waals surface area contributed by atoms with E-state index in [-0.39, 0.29) is 6.61 Å². The van der Waals surface area contributed by atoms with Gasteiger partial charge in [-0.2, -0.15) is 0 Å². The highest BCUT2D eigenvalue weighted by Crippen LogP contribution is 2.35. The van der Waals surface area contributed by atoms with Crippen molar-refractivity contribution in [3.63, 3.8) is 0 Å². The normalized spacial score (nSPS) is 10.9. The van der Waals surface area contributed by atoms with Crippen molar-refractivity contribution >= 4 is 25.4 Å². The second-order valence-electron chi connectivity index (χ2n) is 4.32. The summed E-state index contributed by atoms with van der Waals surface area (Å²) in [5.74, 6) is -3.41. The van der Waals surface area contributed by atoms with Crippen molar-refractivity contribution < 1.29 is 38.6 Å². The predicted molar refractivity (Wildman–Crippen MR) is 75.8 cm³/mol. The van der Waals surface area contributed by atoms with Gasteiger partial charge < -0.3 is 24.5 Å². The van der Waals surface area contributed by atoms with Crippen LogP contribution in [0.4, 0.5) is 0 Å². The number of nitrogens with zero attached hydrogens (tertiary/aromatic N) is 2. The molecule has 0 saturated heterocycles. The summed E-state index contributed by atoms with van der Waals surface area (Å²) in [5.41, 5.74) is -0.977. The van der Waals surface area contributed by atoms with Crippen molar-refractivity contribution in [1.82, 2.24) is 9.88 Å². The Bertz CT molecular complexity index is 656. The zero-order valence-corrected chi connectivity index (χ0v) is 13.0. The number of carboxylic acid groups (broad SMARTS) is 1. The topological polar surface area (TPSA) is 154 Å². The van der Waals surface area contributed by atoms with Crippen LogP contribution in [0.1, 0.15) is 27.8 Å². The highest BCUT2D eigenvalue weighted by atomic mass is 31.2. The van der Waals surface area contributed by atoms with E-state index in [4.69, 9.17) is 14.9 Å². The van der Waals surface area contributed by atoms with Gasteiger partial charge in [0.25, 0.3) is 5.91 Å². The lowest BCUT2D eigenvalue weighted by molar-refractivity contribution is -0.143. The molecule has 0 spiro atoms. The number of aromatic nitrogens is 1. The largest absolute Gasteiger partial charge is 0.476 e. The van der Waals surface area contributed by atoms with Gasteiger partial charge in [0.1, 0.15) is 12.8 Å². The van der Waals surface area contributed by atoms with Crippen molar-refractivity contribution in [2.24, 2.45) is 0 Å². The molecular formula is C12H15N2O8P. The Balaban J connectivity index is 3.15. The monoisotopic (exact) mass is 346 g/mol. The van der Waals surface area contributed by atoms with E-state index in [0.29, 0.717) is 4.90 Å².